The molecule has 8 heteroatoms. The Balaban J connectivity index is 1.59. The maximum Gasteiger partial charge on any atom is 0.293 e. The predicted molar refractivity (Wildman–Crippen MR) is 91.6 cm³/mol. The minimum Gasteiger partial charge on any atom is -0.348 e. The third-order valence-electron chi connectivity index (χ3n) is 4.05. The zero-order valence-corrected chi connectivity index (χ0v) is 13.8. The lowest BCUT2D eigenvalue weighted by atomic mass is 10.1. The average Bonchev–Trinajstić information content (AvgIpc) is 3.28. The minimum absolute atomic E-state index is 0.141. The van der Waals surface area contributed by atoms with E-state index >= 15 is 0 Å². The van der Waals surface area contributed by atoms with Crippen LogP contribution in [-0.2, 0) is 6.54 Å². The number of hydrogen-bond acceptors (Lipinski definition) is 5. The second-order valence-corrected chi connectivity index (χ2v) is 5.82. The molecule has 1 amide bonds. The largest absolute Gasteiger partial charge is 0.348 e. The van der Waals surface area contributed by atoms with Gasteiger partial charge in [-0.05, 0) is 36.4 Å². The van der Waals surface area contributed by atoms with Crippen LogP contribution in [0.5, 0.6) is 0 Å². The monoisotopic (exact) mass is 351 g/mol. The third kappa shape index (κ3) is 2.81. The Hall–Kier alpha value is -3.55. The number of hydrogen-bond donors (Lipinski definition) is 1. The molecule has 4 aromatic rings. The van der Waals surface area contributed by atoms with Crippen LogP contribution in [0.4, 0.5) is 4.39 Å². The summed E-state index contributed by atoms with van der Waals surface area (Å²) in [6, 6.07) is 9.53. The normalized spacial score (nSPS) is 11.0. The van der Waals surface area contributed by atoms with Crippen molar-refractivity contribution >= 4 is 16.9 Å². The summed E-state index contributed by atoms with van der Waals surface area (Å²) in [4.78, 5) is 18.3. The summed E-state index contributed by atoms with van der Waals surface area (Å²) in [6.07, 6.45) is 3.23. The fraction of sp³-hybridized carbons (Fsp3) is 0.111. The number of amides is 1. The van der Waals surface area contributed by atoms with Crippen LogP contribution in [0.15, 0.2) is 53.3 Å². The molecule has 1 aromatic carbocycles. The third-order valence-corrected chi connectivity index (χ3v) is 4.05. The molecule has 0 fully saturated rings. The number of aromatic nitrogens is 4. The number of halogens is 1. The molecule has 26 heavy (non-hydrogen) atoms. The molecule has 0 aliphatic rings. The van der Waals surface area contributed by atoms with Crippen LogP contribution in [-0.4, -0.2) is 38.2 Å². The molecule has 1 N–H and O–H groups in total. The Kier molecular flexibility index (Phi) is 3.92. The van der Waals surface area contributed by atoms with Crippen molar-refractivity contribution in [3.05, 3.63) is 65.9 Å². The van der Waals surface area contributed by atoms with Gasteiger partial charge in [0.15, 0.2) is 0 Å². The number of nitrogens with one attached hydrogen (secondary N) is 1. The lowest BCUT2D eigenvalue weighted by molar-refractivity contribution is 0.0746. The summed E-state index contributed by atoms with van der Waals surface area (Å²) in [5.41, 5.74) is 2.71. The van der Waals surface area contributed by atoms with Gasteiger partial charge >= 0.3 is 0 Å². The lowest BCUT2D eigenvalue weighted by Gasteiger charge is -2.15. The zero-order valence-electron chi connectivity index (χ0n) is 13.8. The van der Waals surface area contributed by atoms with Crippen molar-refractivity contribution in [2.24, 2.45) is 0 Å². The summed E-state index contributed by atoms with van der Waals surface area (Å²) < 4.78 is 18.3. The summed E-state index contributed by atoms with van der Waals surface area (Å²) in [5, 5.41) is 11.3. The minimum atomic E-state index is -0.313. The fourth-order valence-electron chi connectivity index (χ4n) is 2.74. The molecule has 3 heterocycles. The number of carbonyl (C=O) groups excluding carboxylic acids is 1. The number of pyridine rings is 1. The highest BCUT2D eigenvalue weighted by molar-refractivity contribution is 6.02. The lowest BCUT2D eigenvalue weighted by Crippen LogP contribution is -2.26. The molecule has 7 nitrogen and oxygen atoms in total. The zero-order chi connectivity index (χ0) is 18.1. The number of rotatable bonds is 4. The van der Waals surface area contributed by atoms with E-state index in [4.69, 9.17) is 4.52 Å². The first kappa shape index (κ1) is 15.9. The van der Waals surface area contributed by atoms with Crippen molar-refractivity contribution in [1.82, 2.24) is 25.2 Å². The van der Waals surface area contributed by atoms with Crippen molar-refractivity contribution in [2.75, 3.05) is 7.05 Å². The van der Waals surface area contributed by atoms with Gasteiger partial charge in [0.05, 0.1) is 17.3 Å². The number of carbonyl (C=O) groups is 1. The van der Waals surface area contributed by atoms with Crippen LogP contribution in [0.25, 0.3) is 22.3 Å². The Morgan fingerprint density at radius 3 is 2.88 bits per heavy atom. The standard InChI is InChI=1S/C18H14FN5O2/c1-24(18(25)16-14-3-2-8-20-17(14)23-26-16)10-12-9-21-22-15(12)11-4-6-13(19)7-5-11/h2-9H,10H2,1H3,(H,21,22). The summed E-state index contributed by atoms with van der Waals surface area (Å²) in [6.45, 7) is 0.296. The first-order chi connectivity index (χ1) is 12.6. The molecule has 0 radical (unpaired) electrons. The molecule has 130 valence electrons. The fourth-order valence-corrected chi connectivity index (χ4v) is 2.74. The Labute approximate surface area is 147 Å². The predicted octanol–water partition coefficient (Wildman–Crippen LogP) is 3.02. The summed E-state index contributed by atoms with van der Waals surface area (Å²) >= 11 is 0. The van der Waals surface area contributed by atoms with Gasteiger partial charge in [-0.1, -0.05) is 5.16 Å². The van der Waals surface area contributed by atoms with Crippen LogP contribution in [0.3, 0.4) is 0 Å². The smallest absolute Gasteiger partial charge is 0.293 e. The summed E-state index contributed by atoms with van der Waals surface area (Å²) in [5.74, 6) is -0.484. The number of aromatic amines is 1. The van der Waals surface area contributed by atoms with Gasteiger partial charge < -0.3 is 9.42 Å². The number of fused-ring (bicyclic) bond motifs is 1. The molecular formula is C18H14FN5O2. The van der Waals surface area contributed by atoms with Gasteiger partial charge in [0.25, 0.3) is 5.91 Å². The van der Waals surface area contributed by atoms with E-state index in [1.165, 1.54) is 17.0 Å². The van der Waals surface area contributed by atoms with E-state index in [9.17, 15) is 9.18 Å². The van der Waals surface area contributed by atoms with Crippen molar-refractivity contribution in [3.8, 4) is 11.3 Å². The van der Waals surface area contributed by atoms with Gasteiger partial charge in [0, 0.05) is 30.9 Å². The Bertz CT molecular complexity index is 1070. The maximum absolute atomic E-state index is 13.1. The van der Waals surface area contributed by atoms with E-state index in [0.29, 0.717) is 17.6 Å². The van der Waals surface area contributed by atoms with Gasteiger partial charge in [0.1, 0.15) is 5.82 Å². The van der Waals surface area contributed by atoms with E-state index in [-0.39, 0.29) is 17.5 Å². The highest BCUT2D eigenvalue weighted by atomic mass is 19.1. The SMILES string of the molecule is CN(Cc1cn[nH]c1-c1ccc(F)cc1)C(=O)c1onc2ncccc12. The molecule has 0 bridgehead atoms. The number of benzene rings is 1. The maximum atomic E-state index is 13.1. The molecule has 0 unspecified atom stereocenters. The quantitative estimate of drug-likeness (QED) is 0.611. The molecule has 0 aliphatic heterocycles. The Morgan fingerprint density at radius 2 is 2.08 bits per heavy atom. The number of H-pyrrole nitrogens is 1. The van der Waals surface area contributed by atoms with Crippen LogP contribution in [0.1, 0.15) is 16.1 Å². The topological polar surface area (TPSA) is 87.9 Å². The van der Waals surface area contributed by atoms with E-state index in [0.717, 1.165) is 16.8 Å². The first-order valence-electron chi connectivity index (χ1n) is 7.87. The molecular weight excluding hydrogens is 337 g/mol. The molecule has 3 aromatic heterocycles. The highest BCUT2D eigenvalue weighted by Gasteiger charge is 2.22. The van der Waals surface area contributed by atoms with E-state index in [1.807, 2.05) is 0 Å². The number of nitrogens with zero attached hydrogens (tertiary/aromatic N) is 4. The van der Waals surface area contributed by atoms with Crippen molar-refractivity contribution in [2.45, 2.75) is 6.54 Å². The van der Waals surface area contributed by atoms with Crippen molar-refractivity contribution < 1.29 is 13.7 Å². The van der Waals surface area contributed by atoms with Gasteiger partial charge in [0.2, 0.25) is 11.4 Å². The molecule has 0 spiro atoms. The summed E-state index contributed by atoms with van der Waals surface area (Å²) in [7, 11) is 1.66. The second kappa shape index (κ2) is 6.40. The van der Waals surface area contributed by atoms with Gasteiger partial charge in [-0.2, -0.15) is 5.10 Å². The van der Waals surface area contributed by atoms with Crippen LogP contribution >= 0.6 is 0 Å². The molecule has 0 saturated heterocycles. The van der Waals surface area contributed by atoms with Crippen LogP contribution in [0, 0.1) is 5.82 Å². The molecule has 4 rings (SSSR count). The van der Waals surface area contributed by atoms with Gasteiger partial charge in [-0.15, -0.1) is 0 Å². The van der Waals surface area contributed by atoms with Gasteiger partial charge in [-0.3, -0.25) is 9.89 Å². The van der Waals surface area contributed by atoms with E-state index in [2.05, 4.69) is 20.3 Å². The first-order valence-corrected chi connectivity index (χ1v) is 7.87. The highest BCUT2D eigenvalue weighted by Crippen LogP contribution is 2.24. The molecule has 0 saturated carbocycles. The second-order valence-electron chi connectivity index (χ2n) is 5.82. The van der Waals surface area contributed by atoms with Crippen LogP contribution in [0.2, 0.25) is 0 Å². The van der Waals surface area contributed by atoms with Crippen LogP contribution < -0.4 is 0 Å². The molecule has 0 atom stereocenters. The molecule has 0 aliphatic carbocycles. The average molecular weight is 351 g/mol. The van der Waals surface area contributed by atoms with E-state index in [1.54, 1.807) is 43.7 Å². The Morgan fingerprint density at radius 1 is 1.27 bits per heavy atom. The van der Waals surface area contributed by atoms with Crippen molar-refractivity contribution in [1.29, 1.82) is 0 Å². The van der Waals surface area contributed by atoms with Gasteiger partial charge in [-0.25, -0.2) is 9.37 Å². The van der Waals surface area contributed by atoms with Crippen molar-refractivity contribution in [3.63, 3.8) is 0 Å². The van der Waals surface area contributed by atoms with E-state index < -0.39 is 0 Å².